The molecule has 0 spiro atoms. The van der Waals surface area contributed by atoms with Gasteiger partial charge >= 0.3 is 0 Å². The lowest BCUT2D eigenvalue weighted by atomic mass is 9.88. The van der Waals surface area contributed by atoms with Crippen molar-refractivity contribution in [2.75, 3.05) is 19.7 Å². The van der Waals surface area contributed by atoms with Gasteiger partial charge in [0, 0.05) is 32.0 Å². The highest BCUT2D eigenvalue weighted by Gasteiger charge is 2.28. The molecule has 1 aliphatic carbocycles. The zero-order chi connectivity index (χ0) is 26.4. The standard InChI is InChI=1S/C30H38ClFN2O3/c1-3-24-17-23(9-12-28(24)37-16-15-34-29(35)13-14-30(34)36)20-33(19-22-7-5-4-6-8-22)21(2)25-10-11-26(31)27(32)18-25/h9-12,17-18,21-22H,3-8,13-16,19-20H2,1-2H3/t21-/m0/s1. The van der Waals surface area contributed by atoms with Crippen LogP contribution in [0.3, 0.4) is 0 Å². The van der Waals surface area contributed by atoms with E-state index in [1.54, 1.807) is 12.1 Å². The minimum absolute atomic E-state index is 0.0465. The minimum atomic E-state index is -0.379. The lowest BCUT2D eigenvalue weighted by Gasteiger charge is -2.34. The van der Waals surface area contributed by atoms with E-state index in [2.05, 4.69) is 30.9 Å². The number of carbonyl (C=O) groups excluding carboxylic acids is 2. The lowest BCUT2D eigenvalue weighted by molar-refractivity contribution is -0.138. The van der Waals surface area contributed by atoms with Crippen LogP contribution in [0, 0.1) is 11.7 Å². The Kier molecular flexibility index (Phi) is 9.60. The van der Waals surface area contributed by atoms with Crippen molar-refractivity contribution >= 4 is 23.4 Å². The van der Waals surface area contributed by atoms with Gasteiger partial charge in [0.1, 0.15) is 18.2 Å². The Morgan fingerprint density at radius 1 is 1.08 bits per heavy atom. The van der Waals surface area contributed by atoms with Crippen molar-refractivity contribution in [2.45, 2.75) is 77.8 Å². The molecule has 0 bridgehead atoms. The molecule has 1 aliphatic heterocycles. The molecule has 2 aromatic rings. The van der Waals surface area contributed by atoms with E-state index in [1.165, 1.54) is 42.6 Å². The molecule has 1 saturated heterocycles. The number of aryl methyl sites for hydroxylation is 1. The van der Waals surface area contributed by atoms with E-state index in [0.717, 1.165) is 36.4 Å². The van der Waals surface area contributed by atoms with Gasteiger partial charge < -0.3 is 4.74 Å². The fourth-order valence-electron chi connectivity index (χ4n) is 5.55. The Hall–Kier alpha value is -2.44. The van der Waals surface area contributed by atoms with Crippen molar-refractivity contribution in [2.24, 2.45) is 5.92 Å². The molecule has 37 heavy (non-hydrogen) atoms. The van der Waals surface area contributed by atoms with E-state index in [0.29, 0.717) is 18.8 Å². The second-order valence-electron chi connectivity index (χ2n) is 10.4. The van der Waals surface area contributed by atoms with E-state index in [9.17, 15) is 14.0 Å². The monoisotopic (exact) mass is 528 g/mol. The third-order valence-electron chi connectivity index (χ3n) is 7.81. The summed E-state index contributed by atoms with van der Waals surface area (Å²) in [5, 5.41) is 0.149. The Balaban J connectivity index is 1.46. The van der Waals surface area contributed by atoms with Crippen LogP contribution in [-0.4, -0.2) is 41.3 Å². The smallest absolute Gasteiger partial charge is 0.229 e. The Morgan fingerprint density at radius 2 is 1.81 bits per heavy atom. The van der Waals surface area contributed by atoms with Crippen molar-refractivity contribution < 1.29 is 18.7 Å². The summed E-state index contributed by atoms with van der Waals surface area (Å²) < 4.78 is 20.3. The molecule has 1 saturated carbocycles. The fraction of sp³-hybridized carbons (Fsp3) is 0.533. The first-order chi connectivity index (χ1) is 17.9. The number of hydrogen-bond donors (Lipinski definition) is 0. The molecule has 2 aromatic carbocycles. The van der Waals surface area contributed by atoms with Gasteiger partial charge in [0.05, 0.1) is 11.6 Å². The van der Waals surface area contributed by atoms with E-state index in [4.69, 9.17) is 16.3 Å². The molecule has 200 valence electrons. The lowest BCUT2D eigenvalue weighted by Crippen LogP contribution is -2.33. The van der Waals surface area contributed by atoms with E-state index >= 15 is 0 Å². The molecule has 2 fully saturated rings. The summed E-state index contributed by atoms with van der Waals surface area (Å²) in [5.41, 5.74) is 3.21. The summed E-state index contributed by atoms with van der Waals surface area (Å²) in [6.45, 7) is 6.54. The number of likely N-dealkylation sites (tertiary alicyclic amines) is 1. The number of rotatable bonds is 11. The fourth-order valence-corrected chi connectivity index (χ4v) is 5.66. The van der Waals surface area contributed by atoms with Gasteiger partial charge in [-0.1, -0.05) is 56.0 Å². The van der Waals surface area contributed by atoms with Crippen LogP contribution in [0.5, 0.6) is 5.75 Å². The normalized spacial score (nSPS) is 17.6. The number of hydrogen-bond acceptors (Lipinski definition) is 4. The van der Waals surface area contributed by atoms with Gasteiger partial charge in [-0.15, -0.1) is 0 Å². The third-order valence-corrected chi connectivity index (χ3v) is 8.12. The average molecular weight is 529 g/mol. The molecular formula is C30H38ClFN2O3. The highest BCUT2D eigenvalue weighted by molar-refractivity contribution is 6.30. The molecule has 0 N–H and O–H groups in total. The predicted octanol–water partition coefficient (Wildman–Crippen LogP) is 6.71. The Labute approximate surface area is 224 Å². The van der Waals surface area contributed by atoms with Gasteiger partial charge in [-0.05, 0) is 67.0 Å². The van der Waals surface area contributed by atoms with Gasteiger partial charge in [0.2, 0.25) is 11.8 Å². The minimum Gasteiger partial charge on any atom is -0.491 e. The molecule has 5 nitrogen and oxygen atoms in total. The second kappa shape index (κ2) is 12.9. The van der Waals surface area contributed by atoms with E-state index < -0.39 is 0 Å². The van der Waals surface area contributed by atoms with E-state index in [1.807, 2.05) is 12.1 Å². The number of carbonyl (C=O) groups is 2. The van der Waals surface area contributed by atoms with Crippen LogP contribution >= 0.6 is 11.6 Å². The molecule has 0 radical (unpaired) electrons. The molecular weight excluding hydrogens is 491 g/mol. The van der Waals surface area contributed by atoms with Crippen molar-refractivity contribution in [1.82, 2.24) is 9.80 Å². The molecule has 0 aromatic heterocycles. The highest BCUT2D eigenvalue weighted by Crippen LogP contribution is 2.31. The predicted molar refractivity (Wildman–Crippen MR) is 144 cm³/mol. The summed E-state index contributed by atoms with van der Waals surface area (Å²) in [6.07, 6.45) is 7.77. The van der Waals surface area contributed by atoms with Crippen LogP contribution in [-0.2, 0) is 22.6 Å². The number of imide groups is 1. The summed E-state index contributed by atoms with van der Waals surface area (Å²) in [7, 11) is 0. The molecule has 2 aliphatic rings. The number of halogens is 2. The zero-order valence-electron chi connectivity index (χ0n) is 22.0. The SMILES string of the molecule is CCc1cc(CN(CC2CCCCC2)[C@@H](C)c2ccc(Cl)c(F)c2)ccc1OCCN1C(=O)CCC1=O. The highest BCUT2D eigenvalue weighted by atomic mass is 35.5. The van der Waals surface area contributed by atoms with Crippen LogP contribution in [0.2, 0.25) is 5.02 Å². The summed E-state index contributed by atoms with van der Waals surface area (Å²) in [4.78, 5) is 27.5. The van der Waals surface area contributed by atoms with Crippen molar-refractivity contribution in [3.8, 4) is 5.75 Å². The molecule has 1 atom stereocenters. The van der Waals surface area contributed by atoms with Crippen LogP contribution in [0.15, 0.2) is 36.4 Å². The van der Waals surface area contributed by atoms with Crippen molar-refractivity contribution in [3.05, 3.63) is 63.9 Å². The van der Waals surface area contributed by atoms with Crippen molar-refractivity contribution in [1.29, 1.82) is 0 Å². The van der Waals surface area contributed by atoms with Crippen LogP contribution < -0.4 is 4.74 Å². The first-order valence-corrected chi connectivity index (χ1v) is 14.0. The van der Waals surface area contributed by atoms with Gasteiger partial charge in [0.25, 0.3) is 0 Å². The Morgan fingerprint density at radius 3 is 2.49 bits per heavy atom. The van der Waals surface area contributed by atoms with Gasteiger partial charge in [0.15, 0.2) is 0 Å². The van der Waals surface area contributed by atoms with Gasteiger partial charge in [-0.25, -0.2) is 4.39 Å². The maximum atomic E-state index is 14.3. The largest absolute Gasteiger partial charge is 0.491 e. The van der Waals surface area contributed by atoms with Gasteiger partial charge in [-0.2, -0.15) is 0 Å². The summed E-state index contributed by atoms with van der Waals surface area (Å²) in [5.74, 6) is 0.824. The topological polar surface area (TPSA) is 49.9 Å². The Bertz CT molecular complexity index is 1090. The first kappa shape index (κ1) is 27.6. The zero-order valence-corrected chi connectivity index (χ0v) is 22.7. The van der Waals surface area contributed by atoms with Gasteiger partial charge in [-0.3, -0.25) is 19.4 Å². The number of ether oxygens (including phenoxy) is 1. The second-order valence-corrected chi connectivity index (χ2v) is 10.8. The molecule has 1 heterocycles. The quantitative estimate of drug-likeness (QED) is 0.304. The third kappa shape index (κ3) is 7.11. The maximum Gasteiger partial charge on any atom is 0.229 e. The summed E-state index contributed by atoms with van der Waals surface area (Å²) in [6, 6.07) is 11.4. The summed E-state index contributed by atoms with van der Waals surface area (Å²) >= 11 is 5.95. The van der Waals surface area contributed by atoms with Crippen LogP contribution in [0.25, 0.3) is 0 Å². The van der Waals surface area contributed by atoms with Crippen LogP contribution in [0.4, 0.5) is 4.39 Å². The molecule has 2 amide bonds. The number of nitrogens with zero attached hydrogens (tertiary/aromatic N) is 2. The number of benzene rings is 2. The molecule has 7 heteroatoms. The molecule has 0 unspecified atom stereocenters. The van der Waals surface area contributed by atoms with E-state index in [-0.39, 0.29) is 41.8 Å². The van der Waals surface area contributed by atoms with Crippen LogP contribution in [0.1, 0.15) is 81.5 Å². The number of amides is 2. The van der Waals surface area contributed by atoms with Crippen molar-refractivity contribution in [3.63, 3.8) is 0 Å². The molecule has 4 rings (SSSR count). The maximum absolute atomic E-state index is 14.3. The first-order valence-electron chi connectivity index (χ1n) is 13.6. The average Bonchev–Trinajstić information content (AvgIpc) is 3.23.